The Balaban J connectivity index is 1.09. The number of nitrogens with zero attached hydrogens (tertiary/aromatic N) is 3. The van der Waals surface area contributed by atoms with Gasteiger partial charge in [0.05, 0.1) is 6.54 Å². The average Bonchev–Trinajstić information content (AvgIpc) is 3.86. The molecule has 57 heavy (non-hydrogen) atoms. The van der Waals surface area contributed by atoms with Crippen LogP contribution < -0.4 is 0 Å². The van der Waals surface area contributed by atoms with E-state index >= 15 is 0 Å². The lowest BCUT2D eigenvalue weighted by Gasteiger charge is -2.09. The quantitative estimate of drug-likeness (QED) is 0.0982. The Bertz CT molecular complexity index is 3460. The zero-order valence-corrected chi connectivity index (χ0v) is 31.6. The predicted molar refractivity (Wildman–Crippen MR) is 244 cm³/mol. The molecule has 11 aromatic rings. The molecule has 0 bridgehead atoms. The third-order valence-electron chi connectivity index (χ3n) is 11.1. The number of hydrogen-bond donors (Lipinski definition) is 0. The predicted octanol–water partition coefficient (Wildman–Crippen LogP) is 14.2. The summed E-state index contributed by atoms with van der Waals surface area (Å²) in [5.41, 5.74) is 6.64. The molecule has 0 spiro atoms. The Hall–Kier alpha value is -7.21. The van der Waals surface area contributed by atoms with Crippen LogP contribution in [-0.4, -0.2) is 18.4 Å². The second kappa shape index (κ2) is 13.5. The summed E-state index contributed by atoms with van der Waals surface area (Å²) in [5, 5.41) is 11.7. The van der Waals surface area contributed by atoms with Crippen LogP contribution >= 0.6 is 11.3 Å². The van der Waals surface area contributed by atoms with Gasteiger partial charge in [-0.2, -0.15) is 0 Å². The molecule has 4 nitrogen and oxygen atoms in total. The molecule has 0 N–H and O–H groups in total. The van der Waals surface area contributed by atoms with Crippen molar-refractivity contribution in [2.45, 2.75) is 6.54 Å². The van der Waals surface area contributed by atoms with Crippen LogP contribution in [0.15, 0.2) is 195 Å². The van der Waals surface area contributed by atoms with Crippen LogP contribution in [0.4, 0.5) is 0 Å². The minimum absolute atomic E-state index is 0.471. The van der Waals surface area contributed by atoms with Crippen molar-refractivity contribution in [3.63, 3.8) is 0 Å². The highest BCUT2D eigenvalue weighted by atomic mass is 32.1. The van der Waals surface area contributed by atoms with Gasteiger partial charge in [-0.1, -0.05) is 164 Å². The molecule has 9 aromatic carbocycles. The molecule has 0 aliphatic rings. The molecule has 0 amide bonds. The lowest BCUT2D eigenvalue weighted by molar-refractivity contribution is 0.670. The zero-order chi connectivity index (χ0) is 37.9. The summed E-state index contributed by atoms with van der Waals surface area (Å²) in [6.07, 6.45) is 0. The summed E-state index contributed by atoms with van der Waals surface area (Å²) in [7, 11) is 0. The van der Waals surface area contributed by atoms with E-state index in [1.165, 1.54) is 41.7 Å². The van der Waals surface area contributed by atoms with E-state index in [9.17, 15) is 0 Å². The molecular weight excluding hydrogens is 715 g/mol. The van der Waals surface area contributed by atoms with Crippen LogP contribution in [0.3, 0.4) is 0 Å². The first-order valence-corrected chi connectivity index (χ1v) is 19.9. The maximum absolute atomic E-state index is 6.81. The maximum atomic E-state index is 6.81. The number of rotatable bonds is 5. The molecule has 2 aromatic heterocycles. The lowest BCUT2D eigenvalue weighted by Crippen LogP contribution is -2.06. The lowest BCUT2D eigenvalue weighted by atomic mass is 9.98. The van der Waals surface area contributed by atoms with E-state index in [1.54, 1.807) is 0 Å². The molecule has 0 unspecified atom stereocenters. The van der Waals surface area contributed by atoms with Crippen LogP contribution in [0.25, 0.3) is 85.6 Å². The first-order chi connectivity index (χ1) is 28.2. The van der Waals surface area contributed by atoms with Gasteiger partial charge in [-0.05, 0) is 56.7 Å². The van der Waals surface area contributed by atoms with Crippen LogP contribution in [0.5, 0.6) is 0 Å². The molecular formula is C52H33N3OS. The fraction of sp³-hybridized carbons (Fsp3) is 0.0192. The average molecular weight is 748 g/mol. The van der Waals surface area contributed by atoms with Crippen LogP contribution in [0, 0.1) is 0 Å². The number of thiophene rings is 1. The van der Waals surface area contributed by atoms with Crippen molar-refractivity contribution < 1.29 is 4.42 Å². The van der Waals surface area contributed by atoms with E-state index in [4.69, 9.17) is 14.4 Å². The fourth-order valence-corrected chi connectivity index (χ4v) is 9.71. The number of amidine groups is 2. The number of hydrogen-bond acceptors (Lipinski definition) is 3. The summed E-state index contributed by atoms with van der Waals surface area (Å²) in [6.45, 7) is 4.51. The van der Waals surface area contributed by atoms with E-state index in [2.05, 4.69) is 157 Å². The number of para-hydroxylation sites is 1. The normalized spacial score (nSPS) is 12.6. The largest absolute Gasteiger partial charge is 0.455 e. The van der Waals surface area contributed by atoms with E-state index in [1.807, 2.05) is 41.7 Å². The van der Waals surface area contributed by atoms with Crippen LogP contribution in [0.1, 0.15) is 16.7 Å². The monoisotopic (exact) mass is 747 g/mol. The first-order valence-electron chi connectivity index (χ1n) is 19.1. The maximum Gasteiger partial charge on any atom is 0.161 e. The minimum Gasteiger partial charge on any atom is -0.455 e. The molecule has 0 saturated carbocycles. The van der Waals surface area contributed by atoms with E-state index in [0.29, 0.717) is 18.2 Å². The van der Waals surface area contributed by atoms with Gasteiger partial charge >= 0.3 is 0 Å². The summed E-state index contributed by atoms with van der Waals surface area (Å²) < 4.78 is 9.36. The van der Waals surface area contributed by atoms with Crippen molar-refractivity contribution in [3.05, 3.63) is 193 Å². The van der Waals surface area contributed by atoms with Gasteiger partial charge in [0.15, 0.2) is 11.7 Å². The topological polar surface area (TPSA) is 50.2 Å². The molecule has 0 aliphatic carbocycles. The van der Waals surface area contributed by atoms with Crippen LogP contribution in [-0.2, 0) is 6.54 Å². The summed E-state index contributed by atoms with van der Waals surface area (Å²) in [6, 6.07) is 61.8. The van der Waals surface area contributed by atoms with Gasteiger partial charge < -0.3 is 4.42 Å². The summed E-state index contributed by atoms with van der Waals surface area (Å²) in [5.74, 6) is 1.07. The van der Waals surface area contributed by atoms with Crippen molar-refractivity contribution in [3.8, 4) is 11.1 Å². The second-order valence-corrected chi connectivity index (χ2v) is 15.4. The second-order valence-electron chi connectivity index (χ2n) is 14.4. The fourth-order valence-electron chi connectivity index (χ4n) is 8.35. The van der Waals surface area contributed by atoms with Gasteiger partial charge in [0.1, 0.15) is 11.2 Å². The number of fused-ring (bicyclic) bond motifs is 11. The van der Waals surface area contributed by atoms with Gasteiger partial charge in [0, 0.05) is 53.2 Å². The Morgan fingerprint density at radius 1 is 0.509 bits per heavy atom. The van der Waals surface area contributed by atoms with Crippen molar-refractivity contribution >= 4 is 104 Å². The molecule has 268 valence electrons. The van der Waals surface area contributed by atoms with Crippen LogP contribution in [0.2, 0.25) is 0 Å². The highest BCUT2D eigenvalue weighted by Crippen LogP contribution is 2.45. The molecule has 0 atom stereocenters. The third kappa shape index (κ3) is 5.55. The Labute approximate surface area is 332 Å². The summed E-state index contributed by atoms with van der Waals surface area (Å²) >= 11 is 1.85. The molecule has 0 aliphatic heterocycles. The van der Waals surface area contributed by atoms with Crippen molar-refractivity contribution in [1.29, 1.82) is 0 Å². The third-order valence-corrected chi connectivity index (χ3v) is 12.4. The highest BCUT2D eigenvalue weighted by molar-refractivity contribution is 7.27. The number of furan rings is 1. The highest BCUT2D eigenvalue weighted by Gasteiger charge is 2.20. The van der Waals surface area contributed by atoms with Gasteiger partial charge in [0.2, 0.25) is 0 Å². The molecule has 0 radical (unpaired) electrons. The number of aliphatic imine (C=N–C) groups is 3. The summed E-state index contributed by atoms with van der Waals surface area (Å²) in [4.78, 5) is 15.0. The molecule has 5 heteroatoms. The van der Waals surface area contributed by atoms with E-state index in [-0.39, 0.29) is 0 Å². The first kappa shape index (κ1) is 33.2. The number of benzene rings is 9. The van der Waals surface area contributed by atoms with E-state index < -0.39 is 0 Å². The smallest absolute Gasteiger partial charge is 0.161 e. The molecule has 0 saturated heterocycles. The minimum atomic E-state index is 0.471. The molecule has 0 fully saturated rings. The Morgan fingerprint density at radius 3 is 2.00 bits per heavy atom. The van der Waals surface area contributed by atoms with Gasteiger partial charge in [-0.3, -0.25) is 4.99 Å². The molecule has 2 heterocycles. The molecule has 11 rings (SSSR count). The van der Waals surface area contributed by atoms with Gasteiger partial charge in [-0.25, -0.2) is 9.98 Å². The Kier molecular flexibility index (Phi) is 7.86. The van der Waals surface area contributed by atoms with E-state index in [0.717, 1.165) is 60.5 Å². The Morgan fingerprint density at radius 2 is 1.16 bits per heavy atom. The van der Waals surface area contributed by atoms with Crippen molar-refractivity contribution in [2.24, 2.45) is 15.0 Å². The van der Waals surface area contributed by atoms with Gasteiger partial charge in [0.25, 0.3) is 0 Å². The standard InChI is InChI=1S/C52H33N3OS/c1-53-52(55-51(54-31-32-12-3-2-4-13-32)36-27-26-35-25-24-33-14-5-7-16-37(33)45(35)30-36)44-22-11-23-46-47(44)43-21-9-18-39(48(43)56-46)40-19-10-20-41-42-29-28-34-15-6-8-17-38(34)49(42)57-50(40)41/h2-30H,1,31H2/b54-51-,55-52-. The van der Waals surface area contributed by atoms with Gasteiger partial charge in [-0.15, -0.1) is 11.3 Å². The zero-order valence-electron chi connectivity index (χ0n) is 30.8. The van der Waals surface area contributed by atoms with Crippen molar-refractivity contribution in [2.75, 3.05) is 0 Å². The van der Waals surface area contributed by atoms with Crippen molar-refractivity contribution in [1.82, 2.24) is 0 Å². The SMILES string of the molecule is C=N/C(=N\C(=N/Cc1ccccc1)c1ccc2ccc3ccccc3c2c1)c1cccc2oc3c(-c4cccc5c4sc4c6ccccc6ccc54)cccc3c12.